The van der Waals surface area contributed by atoms with Gasteiger partial charge < -0.3 is 5.73 Å². The number of nitrogens with two attached hydrogens (primary N) is 1. The predicted octanol–water partition coefficient (Wildman–Crippen LogP) is 3.60. The Kier molecular flexibility index (Phi) is 2.83. The lowest BCUT2D eigenvalue weighted by Crippen LogP contribution is -2.41. The predicted molar refractivity (Wildman–Crippen MR) is 75.2 cm³/mol. The molecule has 0 saturated heterocycles. The van der Waals surface area contributed by atoms with E-state index in [0.717, 1.165) is 12.8 Å². The molecule has 0 radical (unpaired) electrons. The summed E-state index contributed by atoms with van der Waals surface area (Å²) in [7, 11) is 0. The van der Waals surface area contributed by atoms with E-state index >= 15 is 0 Å². The van der Waals surface area contributed by atoms with Gasteiger partial charge in [-0.2, -0.15) is 0 Å². The molecule has 0 bridgehead atoms. The highest BCUT2D eigenvalue weighted by Gasteiger charge is 2.33. The summed E-state index contributed by atoms with van der Waals surface area (Å²) >= 11 is 0. The van der Waals surface area contributed by atoms with Crippen LogP contribution in [-0.2, 0) is 5.54 Å². The van der Waals surface area contributed by atoms with Crippen LogP contribution in [0.4, 0.5) is 0 Å². The van der Waals surface area contributed by atoms with Crippen molar-refractivity contribution in [3.63, 3.8) is 0 Å². The Morgan fingerprint density at radius 3 is 2.94 bits per heavy atom. The minimum absolute atomic E-state index is 0.189. The van der Waals surface area contributed by atoms with Gasteiger partial charge in [0, 0.05) is 23.3 Å². The van der Waals surface area contributed by atoms with Gasteiger partial charge in [-0.05, 0) is 29.7 Å². The lowest BCUT2D eigenvalue weighted by molar-refractivity contribution is 0.240. The van der Waals surface area contributed by atoms with Gasteiger partial charge in [0.15, 0.2) is 0 Å². The lowest BCUT2D eigenvalue weighted by Gasteiger charge is -2.37. The first-order chi connectivity index (χ1) is 8.69. The first-order valence-corrected chi connectivity index (χ1v) is 6.81. The van der Waals surface area contributed by atoms with Crippen molar-refractivity contribution in [3.8, 4) is 0 Å². The topological polar surface area (TPSA) is 38.9 Å². The quantitative estimate of drug-likeness (QED) is 0.827. The number of hydrogen-bond donors (Lipinski definition) is 1. The third kappa shape index (κ3) is 1.91. The second-order valence-corrected chi connectivity index (χ2v) is 5.77. The highest BCUT2D eigenvalue weighted by molar-refractivity contribution is 5.85. The number of fused-ring (bicyclic) bond motifs is 1. The van der Waals surface area contributed by atoms with E-state index in [9.17, 15) is 0 Å². The van der Waals surface area contributed by atoms with Crippen molar-refractivity contribution in [1.29, 1.82) is 0 Å². The Labute approximate surface area is 108 Å². The zero-order chi connectivity index (χ0) is 12.6. The molecular formula is C16H20N2. The van der Waals surface area contributed by atoms with E-state index in [1.165, 1.54) is 29.2 Å². The van der Waals surface area contributed by atoms with E-state index in [4.69, 9.17) is 5.73 Å². The van der Waals surface area contributed by atoms with E-state index in [-0.39, 0.29) is 5.54 Å². The Morgan fingerprint density at radius 2 is 2.11 bits per heavy atom. The number of hydrogen-bond acceptors (Lipinski definition) is 2. The van der Waals surface area contributed by atoms with Crippen molar-refractivity contribution in [2.75, 3.05) is 0 Å². The minimum Gasteiger partial charge on any atom is -0.321 e. The molecule has 94 valence electrons. The van der Waals surface area contributed by atoms with Crippen molar-refractivity contribution in [2.24, 2.45) is 11.7 Å². The highest BCUT2D eigenvalue weighted by Crippen LogP contribution is 2.39. The third-order valence-corrected chi connectivity index (χ3v) is 4.24. The number of aromatic nitrogens is 1. The number of pyridine rings is 1. The molecule has 0 spiro atoms. The molecule has 1 fully saturated rings. The molecule has 1 aliphatic rings. The molecular weight excluding hydrogens is 220 g/mol. The zero-order valence-corrected chi connectivity index (χ0v) is 10.9. The first kappa shape index (κ1) is 11.7. The maximum atomic E-state index is 6.70. The van der Waals surface area contributed by atoms with E-state index < -0.39 is 0 Å². The largest absolute Gasteiger partial charge is 0.321 e. The summed E-state index contributed by atoms with van der Waals surface area (Å²) in [6.45, 7) is 2.30. The molecule has 1 saturated carbocycles. The van der Waals surface area contributed by atoms with Gasteiger partial charge >= 0.3 is 0 Å². The zero-order valence-electron chi connectivity index (χ0n) is 10.9. The summed E-state index contributed by atoms with van der Waals surface area (Å²) in [5.41, 5.74) is 7.74. The average molecular weight is 240 g/mol. The monoisotopic (exact) mass is 240 g/mol. The van der Waals surface area contributed by atoms with Crippen molar-refractivity contribution in [1.82, 2.24) is 4.98 Å². The lowest BCUT2D eigenvalue weighted by atomic mass is 9.72. The molecule has 18 heavy (non-hydrogen) atoms. The van der Waals surface area contributed by atoms with Gasteiger partial charge in [-0.3, -0.25) is 4.98 Å². The summed E-state index contributed by atoms with van der Waals surface area (Å²) in [5, 5.41) is 2.46. The van der Waals surface area contributed by atoms with Crippen molar-refractivity contribution in [2.45, 2.75) is 38.1 Å². The molecule has 1 aromatic heterocycles. The van der Waals surface area contributed by atoms with E-state index in [1.54, 1.807) is 0 Å². The smallest absolute Gasteiger partial charge is 0.0433 e. The van der Waals surface area contributed by atoms with Gasteiger partial charge in [-0.25, -0.2) is 0 Å². The Hall–Kier alpha value is -1.41. The minimum atomic E-state index is -0.189. The summed E-state index contributed by atoms with van der Waals surface area (Å²) in [6.07, 6.45) is 8.57. The molecule has 0 aliphatic heterocycles. The molecule has 1 heterocycles. The van der Waals surface area contributed by atoms with Crippen LogP contribution in [-0.4, -0.2) is 4.98 Å². The number of nitrogens with zero attached hydrogens (tertiary/aromatic N) is 1. The van der Waals surface area contributed by atoms with Gasteiger partial charge in [0.2, 0.25) is 0 Å². The van der Waals surface area contributed by atoms with E-state index in [1.807, 2.05) is 12.4 Å². The standard InChI is InChI=1S/C16H20N2/c1-12-5-4-8-16(17,9-12)15-11-18-10-13-6-2-3-7-14(13)15/h2-3,6-7,10-12H,4-5,8-9,17H2,1H3. The Bertz CT molecular complexity index is 559. The molecule has 1 aromatic carbocycles. The molecule has 2 atom stereocenters. The fourth-order valence-corrected chi connectivity index (χ4v) is 3.35. The molecule has 3 rings (SSSR count). The molecule has 0 amide bonds. The maximum Gasteiger partial charge on any atom is 0.0433 e. The second kappa shape index (κ2) is 4.36. The normalized spacial score (nSPS) is 28.4. The Morgan fingerprint density at radius 1 is 1.28 bits per heavy atom. The van der Waals surface area contributed by atoms with Crippen molar-refractivity contribution >= 4 is 10.8 Å². The molecule has 2 N–H and O–H groups in total. The van der Waals surface area contributed by atoms with Gasteiger partial charge in [-0.1, -0.05) is 44.0 Å². The maximum absolute atomic E-state index is 6.70. The van der Waals surface area contributed by atoms with Crippen LogP contribution in [0.3, 0.4) is 0 Å². The molecule has 2 unspecified atom stereocenters. The third-order valence-electron chi connectivity index (χ3n) is 4.24. The van der Waals surface area contributed by atoms with Gasteiger partial charge in [0.1, 0.15) is 0 Å². The average Bonchev–Trinajstić information content (AvgIpc) is 2.38. The Balaban J connectivity index is 2.13. The van der Waals surface area contributed by atoms with Crippen LogP contribution >= 0.6 is 0 Å². The van der Waals surface area contributed by atoms with Crippen LogP contribution in [0.5, 0.6) is 0 Å². The van der Waals surface area contributed by atoms with Crippen LogP contribution in [0.25, 0.3) is 10.8 Å². The van der Waals surface area contributed by atoms with Crippen molar-refractivity contribution < 1.29 is 0 Å². The summed E-state index contributed by atoms with van der Waals surface area (Å²) < 4.78 is 0. The fraction of sp³-hybridized carbons (Fsp3) is 0.438. The van der Waals surface area contributed by atoms with E-state index in [2.05, 4.69) is 36.2 Å². The number of rotatable bonds is 1. The van der Waals surface area contributed by atoms with Crippen LogP contribution < -0.4 is 5.73 Å². The highest BCUT2D eigenvalue weighted by atomic mass is 14.8. The van der Waals surface area contributed by atoms with Crippen LogP contribution in [0.2, 0.25) is 0 Å². The molecule has 2 nitrogen and oxygen atoms in total. The van der Waals surface area contributed by atoms with Crippen LogP contribution in [0, 0.1) is 5.92 Å². The van der Waals surface area contributed by atoms with Gasteiger partial charge in [0.05, 0.1) is 0 Å². The van der Waals surface area contributed by atoms with Gasteiger partial charge in [-0.15, -0.1) is 0 Å². The second-order valence-electron chi connectivity index (χ2n) is 5.77. The molecule has 1 aliphatic carbocycles. The molecule has 2 aromatic rings. The van der Waals surface area contributed by atoms with E-state index in [0.29, 0.717) is 5.92 Å². The fourth-order valence-electron chi connectivity index (χ4n) is 3.35. The summed E-state index contributed by atoms with van der Waals surface area (Å²) in [5.74, 6) is 0.711. The SMILES string of the molecule is CC1CCCC(N)(c2cncc3ccccc23)C1. The molecule has 2 heteroatoms. The number of benzene rings is 1. The van der Waals surface area contributed by atoms with Gasteiger partial charge in [0.25, 0.3) is 0 Å². The van der Waals surface area contributed by atoms with Crippen molar-refractivity contribution in [3.05, 3.63) is 42.2 Å². The van der Waals surface area contributed by atoms with Crippen LogP contribution in [0.1, 0.15) is 38.2 Å². The summed E-state index contributed by atoms with van der Waals surface area (Å²) in [6, 6.07) is 8.42. The summed E-state index contributed by atoms with van der Waals surface area (Å²) in [4.78, 5) is 4.38. The first-order valence-electron chi connectivity index (χ1n) is 6.81. The van der Waals surface area contributed by atoms with Crippen LogP contribution in [0.15, 0.2) is 36.7 Å².